The molecule has 0 aliphatic carbocycles. The Kier molecular flexibility index (Phi) is 3.79. The van der Waals surface area contributed by atoms with Crippen molar-refractivity contribution in [2.75, 3.05) is 30.8 Å². The molecule has 8 heteroatoms. The molecule has 2 aromatic rings. The van der Waals surface area contributed by atoms with Crippen molar-refractivity contribution in [1.29, 1.82) is 0 Å². The SMILES string of the molecule is CCCN(CC(=O)NC)c1nc(N)nc2nc[nH]c12. The van der Waals surface area contributed by atoms with E-state index in [4.69, 9.17) is 5.73 Å². The molecule has 2 heterocycles. The Balaban J connectivity index is 2.42. The number of H-pyrrole nitrogens is 1. The lowest BCUT2D eigenvalue weighted by atomic mass is 10.3. The van der Waals surface area contributed by atoms with Crippen LogP contribution < -0.4 is 16.0 Å². The molecule has 19 heavy (non-hydrogen) atoms. The zero-order valence-corrected chi connectivity index (χ0v) is 11.0. The van der Waals surface area contributed by atoms with Crippen molar-refractivity contribution in [3.63, 3.8) is 0 Å². The number of imidazole rings is 1. The minimum Gasteiger partial charge on any atom is -0.368 e. The molecule has 0 unspecified atom stereocenters. The lowest BCUT2D eigenvalue weighted by Crippen LogP contribution is -2.36. The van der Waals surface area contributed by atoms with Crippen molar-refractivity contribution in [2.24, 2.45) is 0 Å². The van der Waals surface area contributed by atoms with Gasteiger partial charge in [-0.15, -0.1) is 0 Å². The van der Waals surface area contributed by atoms with Gasteiger partial charge in [-0.2, -0.15) is 9.97 Å². The van der Waals surface area contributed by atoms with Crippen LogP contribution in [-0.2, 0) is 4.79 Å². The Morgan fingerprint density at radius 3 is 3.00 bits per heavy atom. The molecule has 1 amide bonds. The first-order valence-electron chi connectivity index (χ1n) is 6.07. The van der Waals surface area contributed by atoms with Crippen molar-refractivity contribution in [3.8, 4) is 0 Å². The summed E-state index contributed by atoms with van der Waals surface area (Å²) in [7, 11) is 1.60. The summed E-state index contributed by atoms with van der Waals surface area (Å²) >= 11 is 0. The van der Waals surface area contributed by atoms with Crippen LogP contribution in [0.15, 0.2) is 6.33 Å². The van der Waals surface area contributed by atoms with Crippen LogP contribution in [0.5, 0.6) is 0 Å². The predicted molar refractivity (Wildman–Crippen MR) is 72.7 cm³/mol. The van der Waals surface area contributed by atoms with E-state index in [9.17, 15) is 4.79 Å². The zero-order chi connectivity index (χ0) is 13.8. The fourth-order valence-electron chi connectivity index (χ4n) is 1.85. The lowest BCUT2D eigenvalue weighted by molar-refractivity contribution is -0.119. The average Bonchev–Trinajstić information content (AvgIpc) is 2.85. The number of hydrogen-bond acceptors (Lipinski definition) is 6. The van der Waals surface area contributed by atoms with E-state index in [0.717, 1.165) is 6.42 Å². The molecular weight excluding hydrogens is 246 g/mol. The number of nitrogens with one attached hydrogen (secondary N) is 2. The van der Waals surface area contributed by atoms with E-state index in [0.29, 0.717) is 23.5 Å². The quantitative estimate of drug-likeness (QED) is 0.694. The topological polar surface area (TPSA) is 113 Å². The van der Waals surface area contributed by atoms with E-state index in [1.54, 1.807) is 7.05 Å². The highest BCUT2D eigenvalue weighted by atomic mass is 16.1. The second kappa shape index (κ2) is 5.51. The molecule has 0 saturated heterocycles. The van der Waals surface area contributed by atoms with Gasteiger partial charge >= 0.3 is 0 Å². The maximum absolute atomic E-state index is 11.6. The van der Waals surface area contributed by atoms with Gasteiger partial charge in [0.15, 0.2) is 11.5 Å². The van der Waals surface area contributed by atoms with Crippen LogP contribution in [0.25, 0.3) is 11.2 Å². The van der Waals surface area contributed by atoms with Gasteiger partial charge in [0.2, 0.25) is 11.9 Å². The van der Waals surface area contributed by atoms with Gasteiger partial charge in [-0.3, -0.25) is 4.79 Å². The maximum Gasteiger partial charge on any atom is 0.239 e. The first-order valence-corrected chi connectivity index (χ1v) is 6.07. The molecule has 0 aliphatic heterocycles. The maximum atomic E-state index is 11.6. The van der Waals surface area contributed by atoms with Crippen LogP contribution in [0.4, 0.5) is 11.8 Å². The predicted octanol–water partition coefficient (Wildman–Crippen LogP) is -0.102. The second-order valence-electron chi connectivity index (χ2n) is 4.10. The molecule has 102 valence electrons. The minimum absolute atomic E-state index is 0.0849. The molecule has 0 aliphatic rings. The number of aromatic nitrogens is 4. The van der Waals surface area contributed by atoms with Crippen LogP contribution in [0, 0.1) is 0 Å². The normalized spacial score (nSPS) is 10.6. The minimum atomic E-state index is -0.0849. The van der Waals surface area contributed by atoms with Crippen LogP contribution >= 0.6 is 0 Å². The van der Waals surface area contributed by atoms with Gasteiger partial charge in [-0.05, 0) is 6.42 Å². The summed E-state index contributed by atoms with van der Waals surface area (Å²) in [6.07, 6.45) is 2.42. The summed E-state index contributed by atoms with van der Waals surface area (Å²) in [6.45, 7) is 2.94. The highest BCUT2D eigenvalue weighted by Gasteiger charge is 2.17. The largest absolute Gasteiger partial charge is 0.368 e. The first kappa shape index (κ1) is 13.1. The summed E-state index contributed by atoms with van der Waals surface area (Å²) in [5.74, 6) is 0.663. The highest BCUT2D eigenvalue weighted by molar-refractivity contribution is 5.87. The number of amides is 1. The molecule has 0 spiro atoms. The number of aromatic amines is 1. The molecule has 4 N–H and O–H groups in total. The lowest BCUT2D eigenvalue weighted by Gasteiger charge is -2.22. The van der Waals surface area contributed by atoms with Crippen LogP contribution in [0.2, 0.25) is 0 Å². The Morgan fingerprint density at radius 2 is 2.32 bits per heavy atom. The van der Waals surface area contributed by atoms with Gasteiger partial charge in [0.05, 0.1) is 12.9 Å². The summed E-state index contributed by atoms with van der Waals surface area (Å²) in [4.78, 5) is 28.7. The number of anilines is 2. The molecule has 2 aromatic heterocycles. The molecule has 0 fully saturated rings. The van der Waals surface area contributed by atoms with Crippen molar-refractivity contribution < 1.29 is 4.79 Å². The van der Waals surface area contributed by atoms with Gasteiger partial charge in [0.1, 0.15) is 5.52 Å². The molecular formula is C11H17N7O. The van der Waals surface area contributed by atoms with E-state index in [-0.39, 0.29) is 18.4 Å². The number of likely N-dealkylation sites (N-methyl/N-ethyl adjacent to an activating group) is 1. The Bertz CT molecular complexity index is 579. The average molecular weight is 263 g/mol. The molecule has 0 saturated carbocycles. The fraction of sp³-hybridized carbons (Fsp3) is 0.455. The van der Waals surface area contributed by atoms with Crippen LogP contribution in [0.1, 0.15) is 13.3 Å². The van der Waals surface area contributed by atoms with E-state index >= 15 is 0 Å². The van der Waals surface area contributed by atoms with Crippen molar-refractivity contribution in [3.05, 3.63) is 6.33 Å². The Labute approximate surface area is 110 Å². The van der Waals surface area contributed by atoms with E-state index < -0.39 is 0 Å². The third kappa shape index (κ3) is 2.72. The Hall–Kier alpha value is -2.38. The highest BCUT2D eigenvalue weighted by Crippen LogP contribution is 2.21. The summed E-state index contributed by atoms with van der Waals surface area (Å²) in [5, 5.41) is 2.60. The number of fused-ring (bicyclic) bond motifs is 1. The van der Waals surface area contributed by atoms with Crippen molar-refractivity contribution in [2.45, 2.75) is 13.3 Å². The van der Waals surface area contributed by atoms with Crippen LogP contribution in [0.3, 0.4) is 0 Å². The van der Waals surface area contributed by atoms with Gasteiger partial charge < -0.3 is 20.9 Å². The number of carbonyl (C=O) groups is 1. The molecule has 2 rings (SSSR count). The third-order valence-electron chi connectivity index (χ3n) is 2.69. The fourth-order valence-corrected chi connectivity index (χ4v) is 1.85. The zero-order valence-electron chi connectivity index (χ0n) is 11.0. The van der Waals surface area contributed by atoms with E-state index in [1.165, 1.54) is 6.33 Å². The monoisotopic (exact) mass is 263 g/mol. The van der Waals surface area contributed by atoms with Gasteiger partial charge in [-0.25, -0.2) is 4.98 Å². The van der Waals surface area contributed by atoms with E-state index in [1.807, 2.05) is 11.8 Å². The van der Waals surface area contributed by atoms with Gasteiger partial charge in [0, 0.05) is 13.6 Å². The molecule has 8 nitrogen and oxygen atoms in total. The smallest absolute Gasteiger partial charge is 0.239 e. The third-order valence-corrected chi connectivity index (χ3v) is 2.69. The number of nitrogens with two attached hydrogens (primary N) is 1. The van der Waals surface area contributed by atoms with Gasteiger partial charge in [0.25, 0.3) is 0 Å². The number of rotatable bonds is 5. The second-order valence-corrected chi connectivity index (χ2v) is 4.10. The summed E-state index contributed by atoms with van der Waals surface area (Å²) < 4.78 is 0. The molecule has 0 aromatic carbocycles. The summed E-state index contributed by atoms with van der Waals surface area (Å²) in [6, 6.07) is 0. The van der Waals surface area contributed by atoms with E-state index in [2.05, 4.69) is 25.3 Å². The number of nitrogen functional groups attached to an aromatic ring is 1. The molecule has 0 radical (unpaired) electrons. The van der Waals surface area contributed by atoms with Gasteiger partial charge in [-0.1, -0.05) is 6.92 Å². The Morgan fingerprint density at radius 1 is 1.53 bits per heavy atom. The number of carbonyl (C=O) groups excluding carboxylic acids is 1. The van der Waals surface area contributed by atoms with Crippen LogP contribution in [-0.4, -0.2) is 46.0 Å². The molecule has 0 bridgehead atoms. The first-order chi connectivity index (χ1) is 9.15. The molecule has 0 atom stereocenters. The van der Waals surface area contributed by atoms with Crippen molar-refractivity contribution in [1.82, 2.24) is 25.3 Å². The number of nitrogens with zero attached hydrogens (tertiary/aromatic N) is 4. The summed E-state index contributed by atoms with van der Waals surface area (Å²) in [5.41, 5.74) is 6.86. The van der Waals surface area contributed by atoms with Crippen molar-refractivity contribution >= 4 is 28.8 Å². The number of hydrogen-bond donors (Lipinski definition) is 3. The standard InChI is InChI=1S/C11H17N7O/c1-3-4-18(5-7(19)13-2)10-8-9(15-6-14-8)16-11(12)17-10/h6H,3-5H2,1-2H3,(H,13,19)(H3,12,14,15,16,17).